The van der Waals surface area contributed by atoms with Crippen molar-refractivity contribution in [2.75, 3.05) is 23.8 Å². The third-order valence-corrected chi connectivity index (χ3v) is 5.70. The molecule has 1 aliphatic heterocycles. The maximum atomic E-state index is 13.0. The third-order valence-electron chi connectivity index (χ3n) is 2.57. The lowest BCUT2D eigenvalue weighted by Crippen LogP contribution is -2.28. The van der Waals surface area contributed by atoms with Crippen LogP contribution in [-0.4, -0.2) is 29.1 Å². The molecule has 1 nitrogen and oxygen atoms in total. The fraction of sp³-hybridized carbons (Fsp3) is 0.500. The van der Waals surface area contributed by atoms with Gasteiger partial charge in [-0.05, 0) is 17.7 Å². The van der Waals surface area contributed by atoms with E-state index in [1.54, 1.807) is 12.1 Å². The van der Waals surface area contributed by atoms with Gasteiger partial charge in [-0.15, -0.1) is 0 Å². The molecule has 94 valence electrons. The molecule has 1 aromatic carbocycles. The molecule has 1 saturated heterocycles. The molecule has 2 rings (SSSR count). The number of rotatable bonds is 4. The van der Waals surface area contributed by atoms with Gasteiger partial charge in [-0.25, -0.2) is 4.39 Å². The van der Waals surface area contributed by atoms with Gasteiger partial charge in [0.25, 0.3) is 0 Å². The van der Waals surface area contributed by atoms with Crippen LogP contribution >= 0.6 is 35.1 Å². The van der Waals surface area contributed by atoms with Crippen LogP contribution in [0.2, 0.25) is 5.02 Å². The summed E-state index contributed by atoms with van der Waals surface area (Å²) in [6.45, 7) is 1.76. The molecule has 5 heteroatoms. The van der Waals surface area contributed by atoms with Crippen LogP contribution in [0.5, 0.6) is 0 Å². The molecular formula is C12H15ClFNS2. The summed E-state index contributed by atoms with van der Waals surface area (Å²) < 4.78 is 13.0. The molecule has 0 aliphatic carbocycles. The van der Waals surface area contributed by atoms with Crippen LogP contribution in [0.4, 0.5) is 4.39 Å². The molecule has 1 fully saturated rings. The van der Waals surface area contributed by atoms with Crippen molar-refractivity contribution >= 4 is 35.1 Å². The summed E-state index contributed by atoms with van der Waals surface area (Å²) in [7, 11) is 0. The van der Waals surface area contributed by atoms with Crippen molar-refractivity contribution in [3.8, 4) is 0 Å². The van der Waals surface area contributed by atoms with E-state index in [2.05, 4.69) is 5.32 Å². The highest BCUT2D eigenvalue weighted by molar-refractivity contribution is 8.06. The Morgan fingerprint density at radius 3 is 3.00 bits per heavy atom. The Hall–Kier alpha value is 0.1000. The summed E-state index contributed by atoms with van der Waals surface area (Å²) in [6, 6.07) is 4.88. The highest BCUT2D eigenvalue weighted by Crippen LogP contribution is 2.23. The van der Waals surface area contributed by atoms with E-state index >= 15 is 0 Å². The lowest BCUT2D eigenvalue weighted by molar-refractivity contribution is 0.625. The van der Waals surface area contributed by atoms with E-state index in [0.717, 1.165) is 18.7 Å². The fourth-order valence-electron chi connectivity index (χ4n) is 1.68. The maximum Gasteiger partial charge on any atom is 0.141 e. The minimum Gasteiger partial charge on any atom is -0.312 e. The van der Waals surface area contributed by atoms with Crippen LogP contribution in [0.25, 0.3) is 0 Å². The van der Waals surface area contributed by atoms with Crippen LogP contribution in [-0.2, 0) is 6.54 Å². The molecular weight excluding hydrogens is 277 g/mol. The fourth-order valence-corrected chi connectivity index (χ4v) is 4.53. The second-order valence-electron chi connectivity index (χ2n) is 3.95. The SMILES string of the molecule is Fc1ccc(CNCC2CSCCS2)cc1Cl. The molecule has 1 unspecified atom stereocenters. The summed E-state index contributed by atoms with van der Waals surface area (Å²) in [5.74, 6) is 3.39. The van der Waals surface area contributed by atoms with Crippen molar-refractivity contribution in [3.63, 3.8) is 0 Å². The number of hydrogen-bond donors (Lipinski definition) is 1. The Bertz CT molecular complexity index is 370. The van der Waals surface area contributed by atoms with Crippen LogP contribution in [0.3, 0.4) is 0 Å². The highest BCUT2D eigenvalue weighted by atomic mass is 35.5. The Kier molecular flexibility index (Phi) is 5.48. The molecule has 0 radical (unpaired) electrons. The molecule has 1 heterocycles. The van der Waals surface area contributed by atoms with E-state index in [-0.39, 0.29) is 10.8 Å². The lowest BCUT2D eigenvalue weighted by Gasteiger charge is -2.21. The molecule has 17 heavy (non-hydrogen) atoms. The average Bonchev–Trinajstić information content (AvgIpc) is 2.35. The van der Waals surface area contributed by atoms with Crippen molar-refractivity contribution in [2.45, 2.75) is 11.8 Å². The summed E-state index contributed by atoms with van der Waals surface area (Å²) >= 11 is 9.79. The van der Waals surface area contributed by atoms with Crippen LogP contribution in [0, 0.1) is 5.82 Å². The first-order valence-electron chi connectivity index (χ1n) is 5.59. The smallest absolute Gasteiger partial charge is 0.141 e. The molecule has 0 bridgehead atoms. The van der Waals surface area contributed by atoms with E-state index in [4.69, 9.17) is 11.6 Å². The van der Waals surface area contributed by atoms with Crippen molar-refractivity contribution < 1.29 is 4.39 Å². The van der Waals surface area contributed by atoms with Gasteiger partial charge >= 0.3 is 0 Å². The Labute approximate surface area is 115 Å². The van der Waals surface area contributed by atoms with Gasteiger partial charge in [-0.2, -0.15) is 23.5 Å². The van der Waals surface area contributed by atoms with E-state index in [9.17, 15) is 4.39 Å². The van der Waals surface area contributed by atoms with Crippen molar-refractivity contribution in [3.05, 3.63) is 34.6 Å². The first-order chi connectivity index (χ1) is 8.25. The third kappa shape index (κ3) is 4.36. The highest BCUT2D eigenvalue weighted by Gasteiger charge is 2.13. The molecule has 0 spiro atoms. The molecule has 1 atom stereocenters. The van der Waals surface area contributed by atoms with Gasteiger partial charge in [-0.3, -0.25) is 0 Å². The summed E-state index contributed by atoms with van der Waals surface area (Å²) in [4.78, 5) is 0. The first-order valence-corrected chi connectivity index (χ1v) is 8.18. The molecule has 0 saturated carbocycles. The topological polar surface area (TPSA) is 12.0 Å². The number of benzene rings is 1. The van der Waals surface area contributed by atoms with Crippen molar-refractivity contribution in [1.82, 2.24) is 5.32 Å². The van der Waals surface area contributed by atoms with E-state index in [0.29, 0.717) is 5.25 Å². The number of nitrogens with one attached hydrogen (secondary N) is 1. The largest absolute Gasteiger partial charge is 0.312 e. The zero-order valence-corrected chi connectivity index (χ0v) is 11.8. The predicted molar refractivity (Wildman–Crippen MR) is 76.7 cm³/mol. The standard InChI is InChI=1S/C12H15ClFNS2/c13-11-5-9(1-2-12(11)14)6-15-7-10-8-16-3-4-17-10/h1-2,5,10,15H,3-4,6-8H2. The van der Waals surface area contributed by atoms with Crippen LogP contribution in [0.15, 0.2) is 18.2 Å². The minimum atomic E-state index is -0.352. The first kappa shape index (κ1) is 13.5. The lowest BCUT2D eigenvalue weighted by atomic mass is 10.2. The normalized spacial score (nSPS) is 20.5. The zero-order chi connectivity index (χ0) is 12.1. The van der Waals surface area contributed by atoms with E-state index < -0.39 is 0 Å². The molecule has 0 amide bonds. The maximum absolute atomic E-state index is 13.0. The van der Waals surface area contributed by atoms with E-state index in [1.807, 2.05) is 23.5 Å². The Morgan fingerprint density at radius 1 is 1.41 bits per heavy atom. The predicted octanol–water partition coefficient (Wildman–Crippen LogP) is 3.42. The van der Waals surface area contributed by atoms with Gasteiger partial charge in [-0.1, -0.05) is 17.7 Å². The quantitative estimate of drug-likeness (QED) is 0.913. The van der Waals surface area contributed by atoms with Crippen LogP contribution in [0.1, 0.15) is 5.56 Å². The molecule has 1 aliphatic rings. The van der Waals surface area contributed by atoms with Gasteiger partial charge in [0.1, 0.15) is 5.82 Å². The number of thioether (sulfide) groups is 2. The van der Waals surface area contributed by atoms with E-state index in [1.165, 1.54) is 23.3 Å². The molecule has 1 aromatic rings. The van der Waals surface area contributed by atoms with Gasteiger partial charge in [0.05, 0.1) is 5.02 Å². The molecule has 1 N–H and O–H groups in total. The minimum absolute atomic E-state index is 0.201. The van der Waals surface area contributed by atoms with Crippen molar-refractivity contribution in [1.29, 1.82) is 0 Å². The van der Waals surface area contributed by atoms with Gasteiger partial charge < -0.3 is 5.32 Å². The summed E-state index contributed by atoms with van der Waals surface area (Å²) in [5, 5.41) is 4.30. The van der Waals surface area contributed by atoms with Crippen molar-refractivity contribution in [2.24, 2.45) is 0 Å². The van der Waals surface area contributed by atoms with Gasteiger partial charge in [0.15, 0.2) is 0 Å². The summed E-state index contributed by atoms with van der Waals surface area (Å²) in [5.41, 5.74) is 1.03. The number of halogens is 2. The van der Waals surface area contributed by atoms with Crippen LogP contribution < -0.4 is 5.32 Å². The average molecular weight is 292 g/mol. The monoisotopic (exact) mass is 291 g/mol. The summed E-state index contributed by atoms with van der Waals surface area (Å²) in [6.07, 6.45) is 0. The Balaban J connectivity index is 1.75. The number of hydrogen-bond acceptors (Lipinski definition) is 3. The Morgan fingerprint density at radius 2 is 2.29 bits per heavy atom. The van der Waals surface area contributed by atoms with Gasteiger partial charge in [0.2, 0.25) is 0 Å². The second-order valence-corrected chi connectivity index (χ2v) is 6.91. The molecule has 0 aromatic heterocycles. The zero-order valence-electron chi connectivity index (χ0n) is 9.42. The second kappa shape index (κ2) is 6.88. The van der Waals surface area contributed by atoms with Gasteiger partial charge in [0, 0.05) is 35.6 Å².